The van der Waals surface area contributed by atoms with Gasteiger partial charge in [-0.2, -0.15) is 18.3 Å². The summed E-state index contributed by atoms with van der Waals surface area (Å²) in [4.78, 5) is 32.8. The van der Waals surface area contributed by atoms with E-state index >= 15 is 0 Å². The smallest absolute Gasteiger partial charge is 0.354 e. The minimum Gasteiger partial charge on any atom is -0.354 e. The molecule has 8 nitrogen and oxygen atoms in total. The Morgan fingerprint density at radius 1 is 1.20 bits per heavy atom. The SMILES string of the molecule is Cc1cc(C)n(C(C)CNC(=O)CC2CCN(C(=O)c3ccc4nc(C(F)(F)F)[nH]c4c3)CC2)n1. The summed E-state index contributed by atoms with van der Waals surface area (Å²) in [7, 11) is 0. The second kappa shape index (κ2) is 9.71. The van der Waals surface area contributed by atoms with E-state index in [1.54, 1.807) is 4.90 Å². The van der Waals surface area contributed by atoms with Crippen molar-refractivity contribution in [2.75, 3.05) is 19.6 Å². The van der Waals surface area contributed by atoms with E-state index in [0.29, 0.717) is 44.5 Å². The van der Waals surface area contributed by atoms with Crippen molar-refractivity contribution in [1.29, 1.82) is 0 Å². The van der Waals surface area contributed by atoms with Crippen molar-refractivity contribution < 1.29 is 22.8 Å². The lowest BCUT2D eigenvalue weighted by Gasteiger charge is -2.32. The van der Waals surface area contributed by atoms with Gasteiger partial charge in [0, 0.05) is 37.3 Å². The Kier molecular flexibility index (Phi) is 6.86. The van der Waals surface area contributed by atoms with Crippen LogP contribution in [-0.2, 0) is 11.0 Å². The number of hydrogen-bond donors (Lipinski definition) is 2. The number of carbonyl (C=O) groups is 2. The third kappa shape index (κ3) is 5.66. The summed E-state index contributed by atoms with van der Waals surface area (Å²) in [5, 5.41) is 7.44. The molecule has 1 unspecified atom stereocenters. The molecule has 3 heterocycles. The van der Waals surface area contributed by atoms with Gasteiger partial charge in [-0.25, -0.2) is 4.98 Å². The summed E-state index contributed by atoms with van der Waals surface area (Å²) in [6.45, 7) is 7.41. The highest BCUT2D eigenvalue weighted by Gasteiger charge is 2.35. The molecule has 1 aromatic carbocycles. The highest BCUT2D eigenvalue weighted by molar-refractivity contribution is 5.97. The van der Waals surface area contributed by atoms with Gasteiger partial charge in [0.25, 0.3) is 5.91 Å². The van der Waals surface area contributed by atoms with Crippen LogP contribution in [0.4, 0.5) is 13.2 Å². The average molecular weight is 491 g/mol. The second-order valence-corrected chi connectivity index (χ2v) is 9.28. The number of hydrogen-bond acceptors (Lipinski definition) is 4. The first-order valence-corrected chi connectivity index (χ1v) is 11.7. The zero-order chi connectivity index (χ0) is 25.3. The quantitative estimate of drug-likeness (QED) is 0.546. The van der Waals surface area contributed by atoms with Crippen LogP contribution in [0.5, 0.6) is 0 Å². The molecule has 0 radical (unpaired) electrons. The molecule has 1 aliphatic rings. The molecule has 11 heteroatoms. The fraction of sp³-hybridized carbons (Fsp3) is 0.500. The van der Waals surface area contributed by atoms with E-state index in [1.807, 2.05) is 31.5 Å². The number of nitrogens with one attached hydrogen (secondary N) is 2. The molecule has 0 saturated carbocycles. The number of aromatic amines is 1. The lowest BCUT2D eigenvalue weighted by molar-refractivity contribution is -0.144. The first kappa shape index (κ1) is 24.7. The van der Waals surface area contributed by atoms with Gasteiger partial charge in [-0.15, -0.1) is 0 Å². The van der Waals surface area contributed by atoms with Crippen molar-refractivity contribution in [3.63, 3.8) is 0 Å². The molecule has 188 valence electrons. The van der Waals surface area contributed by atoms with Gasteiger partial charge in [0.05, 0.1) is 22.8 Å². The Labute approximate surface area is 200 Å². The molecule has 1 fully saturated rings. The standard InChI is InChI=1S/C24H29F3N6O2/c1-14-10-15(2)33(31-14)16(3)13-28-21(34)11-17-6-8-32(9-7-17)22(35)18-4-5-19-20(12-18)30-23(29-19)24(25,26)27/h4-5,10,12,16-17H,6-9,11,13H2,1-3H3,(H,28,34)(H,29,30). The Balaban J connectivity index is 1.27. The summed E-state index contributed by atoms with van der Waals surface area (Å²) in [6.07, 6.45) is -2.80. The van der Waals surface area contributed by atoms with E-state index in [4.69, 9.17) is 0 Å². The minimum atomic E-state index is -4.58. The normalized spacial score (nSPS) is 16.0. The number of rotatable bonds is 6. The van der Waals surface area contributed by atoms with Gasteiger partial charge in [0.1, 0.15) is 0 Å². The monoisotopic (exact) mass is 490 g/mol. The van der Waals surface area contributed by atoms with Crippen LogP contribution in [0.25, 0.3) is 11.0 Å². The number of nitrogens with zero attached hydrogens (tertiary/aromatic N) is 4. The van der Waals surface area contributed by atoms with E-state index in [-0.39, 0.29) is 34.8 Å². The maximum Gasteiger partial charge on any atom is 0.449 e. The van der Waals surface area contributed by atoms with Gasteiger partial charge >= 0.3 is 6.18 Å². The molecule has 2 N–H and O–H groups in total. The predicted octanol–water partition coefficient (Wildman–Crippen LogP) is 4.01. The second-order valence-electron chi connectivity index (χ2n) is 9.28. The number of halogens is 3. The van der Waals surface area contributed by atoms with Crippen LogP contribution in [-0.4, -0.2) is 56.1 Å². The molecule has 0 spiro atoms. The largest absolute Gasteiger partial charge is 0.449 e. The van der Waals surface area contributed by atoms with Crippen LogP contribution in [0.1, 0.15) is 59.8 Å². The number of H-pyrrole nitrogens is 1. The molecule has 1 atom stereocenters. The van der Waals surface area contributed by atoms with E-state index in [0.717, 1.165) is 11.4 Å². The molecule has 4 rings (SSSR count). The fourth-order valence-electron chi connectivity index (χ4n) is 4.57. The predicted molar refractivity (Wildman–Crippen MR) is 124 cm³/mol. The number of likely N-dealkylation sites (tertiary alicyclic amines) is 1. The van der Waals surface area contributed by atoms with E-state index in [1.165, 1.54) is 18.2 Å². The van der Waals surface area contributed by atoms with Crippen LogP contribution < -0.4 is 5.32 Å². The number of aryl methyl sites for hydroxylation is 2. The lowest BCUT2D eigenvalue weighted by Crippen LogP contribution is -2.40. The molecule has 2 amide bonds. The summed E-state index contributed by atoms with van der Waals surface area (Å²) >= 11 is 0. The van der Waals surface area contributed by atoms with Crippen molar-refractivity contribution >= 4 is 22.8 Å². The number of carbonyl (C=O) groups excluding carboxylic acids is 2. The van der Waals surface area contributed by atoms with E-state index in [9.17, 15) is 22.8 Å². The molecule has 1 aliphatic heterocycles. The van der Waals surface area contributed by atoms with Gasteiger partial charge in [0.2, 0.25) is 11.7 Å². The Morgan fingerprint density at radius 2 is 1.91 bits per heavy atom. The van der Waals surface area contributed by atoms with Crippen LogP contribution in [0.3, 0.4) is 0 Å². The molecule has 1 saturated heterocycles. The zero-order valence-electron chi connectivity index (χ0n) is 19.9. The third-order valence-corrected chi connectivity index (χ3v) is 6.43. The number of imidazole rings is 1. The van der Waals surface area contributed by atoms with Crippen LogP contribution >= 0.6 is 0 Å². The lowest BCUT2D eigenvalue weighted by atomic mass is 9.92. The number of piperidine rings is 1. The maximum atomic E-state index is 12.9. The van der Waals surface area contributed by atoms with Crippen molar-refractivity contribution in [2.45, 2.75) is 52.3 Å². The molecule has 3 aromatic rings. The van der Waals surface area contributed by atoms with Crippen LogP contribution in [0.15, 0.2) is 24.3 Å². The van der Waals surface area contributed by atoms with Crippen molar-refractivity contribution in [3.8, 4) is 0 Å². The zero-order valence-corrected chi connectivity index (χ0v) is 19.9. The van der Waals surface area contributed by atoms with Crippen molar-refractivity contribution in [3.05, 3.63) is 47.0 Å². The fourth-order valence-corrected chi connectivity index (χ4v) is 4.57. The molecular formula is C24H29F3N6O2. The van der Waals surface area contributed by atoms with Crippen molar-refractivity contribution in [2.24, 2.45) is 5.92 Å². The third-order valence-electron chi connectivity index (χ3n) is 6.43. The minimum absolute atomic E-state index is 0.0201. The number of alkyl halides is 3. The Bertz CT molecular complexity index is 1220. The molecule has 35 heavy (non-hydrogen) atoms. The Morgan fingerprint density at radius 3 is 2.54 bits per heavy atom. The van der Waals surface area contributed by atoms with Crippen molar-refractivity contribution in [1.82, 2.24) is 30.0 Å². The number of benzene rings is 1. The van der Waals surface area contributed by atoms with Crippen LogP contribution in [0.2, 0.25) is 0 Å². The Hall–Kier alpha value is -3.37. The number of aromatic nitrogens is 4. The number of amides is 2. The van der Waals surface area contributed by atoms with Gasteiger partial charge in [-0.1, -0.05) is 0 Å². The first-order valence-electron chi connectivity index (χ1n) is 11.7. The molecule has 2 aromatic heterocycles. The first-order chi connectivity index (χ1) is 16.5. The average Bonchev–Trinajstić information content (AvgIpc) is 3.39. The summed E-state index contributed by atoms with van der Waals surface area (Å²) in [5.74, 6) is -1.17. The molecule has 0 aliphatic carbocycles. The van der Waals surface area contributed by atoms with Crippen LogP contribution in [0, 0.1) is 19.8 Å². The van der Waals surface area contributed by atoms with Gasteiger partial charge in [-0.05, 0) is 63.8 Å². The van der Waals surface area contributed by atoms with Gasteiger partial charge < -0.3 is 15.2 Å². The van der Waals surface area contributed by atoms with E-state index < -0.39 is 12.0 Å². The summed E-state index contributed by atoms with van der Waals surface area (Å²) < 4.78 is 40.6. The summed E-state index contributed by atoms with van der Waals surface area (Å²) in [6, 6.07) is 6.36. The number of fused-ring (bicyclic) bond motifs is 1. The maximum absolute atomic E-state index is 12.9. The highest BCUT2D eigenvalue weighted by Crippen LogP contribution is 2.29. The summed E-state index contributed by atoms with van der Waals surface area (Å²) in [5.41, 5.74) is 2.63. The molecular weight excluding hydrogens is 461 g/mol. The van der Waals surface area contributed by atoms with E-state index in [2.05, 4.69) is 20.4 Å². The van der Waals surface area contributed by atoms with Gasteiger partial charge in [0.15, 0.2) is 0 Å². The topological polar surface area (TPSA) is 95.9 Å². The van der Waals surface area contributed by atoms with Gasteiger partial charge in [-0.3, -0.25) is 14.3 Å². The highest BCUT2D eigenvalue weighted by atomic mass is 19.4. The molecule has 0 bridgehead atoms.